The van der Waals surface area contributed by atoms with Crippen LogP contribution in [0, 0.1) is 0 Å². The van der Waals surface area contributed by atoms with Crippen LogP contribution in [0.4, 0.5) is 0 Å². The minimum atomic E-state index is -1.78. The van der Waals surface area contributed by atoms with E-state index in [2.05, 4.69) is 4.99 Å². The second-order valence-electron chi connectivity index (χ2n) is 2.69. The molecule has 0 aromatic heterocycles. The molecule has 0 saturated carbocycles. The van der Waals surface area contributed by atoms with Crippen molar-refractivity contribution in [1.29, 1.82) is 0 Å². The topological polar surface area (TPSA) is 73.1 Å². The Labute approximate surface area is 98.7 Å². The van der Waals surface area contributed by atoms with E-state index in [0.717, 1.165) is 0 Å². The van der Waals surface area contributed by atoms with E-state index in [1.54, 1.807) is 6.92 Å². The van der Waals surface area contributed by atoms with Crippen molar-refractivity contribution in [3.05, 3.63) is 0 Å². The van der Waals surface area contributed by atoms with E-state index in [-0.39, 0.29) is 36.0 Å². The normalized spacial score (nSPS) is 19.4. The van der Waals surface area contributed by atoms with Crippen molar-refractivity contribution in [3.63, 3.8) is 0 Å². The van der Waals surface area contributed by atoms with Gasteiger partial charge in [-0.1, -0.05) is 6.92 Å². The number of carbonyl (C=O) groups is 1. The number of carboxylic acid groups (broad SMARTS) is 1. The first kappa shape index (κ1) is 12.9. The molecule has 13 heavy (non-hydrogen) atoms. The molecule has 6 heteroatoms. The molecule has 0 fully saturated rings. The standard InChI is InChI=1S/C7H12N2O3.Na.H/c1-2-7(12,6(10)11)9-4-3-8-5-9;;/h5,12H,2-4H2,1H3,(H,10,11);;. The molecule has 0 aromatic carbocycles. The Morgan fingerprint density at radius 2 is 2.38 bits per heavy atom. The van der Waals surface area contributed by atoms with Gasteiger partial charge in [-0.3, -0.25) is 4.99 Å². The van der Waals surface area contributed by atoms with Crippen molar-refractivity contribution in [1.82, 2.24) is 4.90 Å². The van der Waals surface area contributed by atoms with Gasteiger partial charge in [0.25, 0.3) is 0 Å². The Morgan fingerprint density at radius 1 is 1.77 bits per heavy atom. The summed E-state index contributed by atoms with van der Waals surface area (Å²) in [5.74, 6) is -1.22. The van der Waals surface area contributed by atoms with E-state index >= 15 is 0 Å². The summed E-state index contributed by atoms with van der Waals surface area (Å²) < 4.78 is 0. The predicted molar refractivity (Wildman–Crippen MR) is 50.1 cm³/mol. The molecule has 1 aliphatic rings. The van der Waals surface area contributed by atoms with Crippen LogP contribution in [0.25, 0.3) is 0 Å². The van der Waals surface area contributed by atoms with Crippen LogP contribution >= 0.6 is 0 Å². The molecule has 5 nitrogen and oxygen atoms in total. The molecule has 70 valence electrons. The Balaban J connectivity index is 0.00000144. The van der Waals surface area contributed by atoms with Gasteiger partial charge >= 0.3 is 35.5 Å². The van der Waals surface area contributed by atoms with E-state index < -0.39 is 11.7 Å². The third-order valence-electron chi connectivity index (χ3n) is 2.00. The Morgan fingerprint density at radius 3 is 2.69 bits per heavy atom. The van der Waals surface area contributed by atoms with Gasteiger partial charge in [0.15, 0.2) is 0 Å². The van der Waals surface area contributed by atoms with E-state index in [1.165, 1.54) is 11.2 Å². The molecule has 0 aliphatic carbocycles. The zero-order valence-corrected chi connectivity index (χ0v) is 6.90. The monoisotopic (exact) mass is 196 g/mol. The van der Waals surface area contributed by atoms with Gasteiger partial charge < -0.3 is 15.1 Å². The third-order valence-corrected chi connectivity index (χ3v) is 2.00. The number of hydrogen-bond acceptors (Lipinski definition) is 4. The summed E-state index contributed by atoms with van der Waals surface area (Å²) in [5, 5.41) is 18.4. The van der Waals surface area contributed by atoms with E-state index in [9.17, 15) is 9.90 Å². The van der Waals surface area contributed by atoms with Crippen LogP contribution in [0.15, 0.2) is 4.99 Å². The maximum absolute atomic E-state index is 10.7. The molecule has 1 heterocycles. The molecule has 1 aliphatic heterocycles. The Hall–Kier alpha value is -0.100. The van der Waals surface area contributed by atoms with Gasteiger partial charge in [-0.05, 0) is 0 Å². The summed E-state index contributed by atoms with van der Waals surface area (Å²) in [6.07, 6.45) is 1.53. The summed E-state index contributed by atoms with van der Waals surface area (Å²) in [7, 11) is 0. The van der Waals surface area contributed by atoms with Gasteiger partial charge in [0.1, 0.15) is 0 Å². The predicted octanol–water partition coefficient (Wildman–Crippen LogP) is -1.14. The Bertz CT molecular complexity index is 222. The summed E-state index contributed by atoms with van der Waals surface area (Å²) in [6, 6.07) is 0. The average Bonchev–Trinajstić information content (AvgIpc) is 2.54. The number of hydrogen-bond donors (Lipinski definition) is 2. The number of rotatable bonds is 3. The van der Waals surface area contributed by atoms with E-state index in [4.69, 9.17) is 5.11 Å². The molecular weight excluding hydrogens is 183 g/mol. The number of nitrogens with zero attached hydrogens (tertiary/aromatic N) is 2. The molecule has 0 aromatic rings. The fourth-order valence-corrected chi connectivity index (χ4v) is 1.14. The first-order valence-corrected chi connectivity index (χ1v) is 3.83. The number of carboxylic acids is 1. The van der Waals surface area contributed by atoms with Crippen LogP contribution in [0.2, 0.25) is 0 Å². The summed E-state index contributed by atoms with van der Waals surface area (Å²) in [6.45, 7) is 2.65. The van der Waals surface area contributed by atoms with Crippen molar-refractivity contribution in [2.45, 2.75) is 19.1 Å². The van der Waals surface area contributed by atoms with Crippen LogP contribution in [0.3, 0.4) is 0 Å². The molecule has 1 rings (SSSR count). The maximum atomic E-state index is 10.7. The fourth-order valence-electron chi connectivity index (χ4n) is 1.14. The molecule has 0 amide bonds. The summed E-state index contributed by atoms with van der Waals surface area (Å²) >= 11 is 0. The molecule has 1 unspecified atom stereocenters. The molecular formula is C7H13N2NaO3. The summed E-state index contributed by atoms with van der Waals surface area (Å²) in [5.41, 5.74) is -1.78. The molecule has 1 atom stereocenters. The van der Waals surface area contributed by atoms with Gasteiger partial charge in [0.2, 0.25) is 5.72 Å². The SMILES string of the molecule is CCC(O)(C(=O)O)N1C=NCC1.[NaH]. The van der Waals surface area contributed by atoms with Crippen LogP contribution in [0.5, 0.6) is 0 Å². The van der Waals surface area contributed by atoms with Gasteiger partial charge in [-0.15, -0.1) is 0 Å². The quantitative estimate of drug-likeness (QED) is 0.560. The zero-order chi connectivity index (χ0) is 9.19. The molecule has 2 N–H and O–H groups in total. The van der Waals surface area contributed by atoms with Gasteiger partial charge in [-0.2, -0.15) is 0 Å². The Kier molecular flexibility index (Phi) is 4.91. The molecule has 0 radical (unpaired) electrons. The average molecular weight is 196 g/mol. The van der Waals surface area contributed by atoms with Crippen molar-refractivity contribution < 1.29 is 15.0 Å². The van der Waals surface area contributed by atoms with Crippen molar-refractivity contribution in [2.24, 2.45) is 4.99 Å². The third kappa shape index (κ3) is 2.43. The number of aliphatic imine (C=N–C) groups is 1. The van der Waals surface area contributed by atoms with Crippen LogP contribution in [0.1, 0.15) is 13.3 Å². The first-order chi connectivity index (χ1) is 5.61. The van der Waals surface area contributed by atoms with E-state index in [1.807, 2.05) is 0 Å². The van der Waals surface area contributed by atoms with E-state index in [0.29, 0.717) is 13.1 Å². The fraction of sp³-hybridized carbons (Fsp3) is 0.714. The van der Waals surface area contributed by atoms with Crippen molar-refractivity contribution in [3.8, 4) is 0 Å². The van der Waals surface area contributed by atoms with Crippen molar-refractivity contribution in [2.75, 3.05) is 13.1 Å². The van der Waals surface area contributed by atoms with Gasteiger partial charge in [0.05, 0.1) is 12.9 Å². The number of aliphatic hydroxyl groups is 1. The molecule has 0 saturated heterocycles. The van der Waals surface area contributed by atoms with Crippen molar-refractivity contribution >= 4 is 41.9 Å². The van der Waals surface area contributed by atoms with Crippen LogP contribution in [-0.4, -0.2) is 75.8 Å². The summed E-state index contributed by atoms with van der Waals surface area (Å²) in [4.78, 5) is 15.9. The zero-order valence-electron chi connectivity index (χ0n) is 6.90. The van der Waals surface area contributed by atoms with Crippen LogP contribution in [-0.2, 0) is 4.79 Å². The second kappa shape index (κ2) is 4.95. The minimum absolute atomic E-state index is 0. The van der Waals surface area contributed by atoms with Gasteiger partial charge in [-0.25, -0.2) is 4.79 Å². The van der Waals surface area contributed by atoms with Crippen LogP contribution < -0.4 is 0 Å². The second-order valence-corrected chi connectivity index (χ2v) is 2.69. The molecule has 0 spiro atoms. The molecule has 0 bridgehead atoms. The van der Waals surface area contributed by atoms with Gasteiger partial charge in [0, 0.05) is 13.0 Å². The first-order valence-electron chi connectivity index (χ1n) is 3.83. The number of aliphatic carboxylic acids is 1.